The van der Waals surface area contributed by atoms with Crippen LogP contribution in [0.1, 0.15) is 6.92 Å². The first kappa shape index (κ1) is 12.5. The SMILES string of the molecule is CCNCCOc1nc(OC)cc(OC)n1. The third-order valence-electron chi connectivity index (χ3n) is 1.84. The van der Waals surface area contributed by atoms with Crippen LogP contribution in [0.3, 0.4) is 0 Å². The van der Waals surface area contributed by atoms with E-state index >= 15 is 0 Å². The van der Waals surface area contributed by atoms with Gasteiger partial charge in [-0.2, -0.15) is 9.97 Å². The van der Waals surface area contributed by atoms with Gasteiger partial charge in [0.2, 0.25) is 11.8 Å². The maximum Gasteiger partial charge on any atom is 0.323 e. The Labute approximate surface area is 95.0 Å². The molecule has 0 bridgehead atoms. The molecule has 1 N–H and O–H groups in total. The van der Waals surface area contributed by atoms with Crippen molar-refractivity contribution in [2.45, 2.75) is 6.92 Å². The number of aromatic nitrogens is 2. The molecule has 0 saturated heterocycles. The van der Waals surface area contributed by atoms with Crippen LogP contribution in [0.4, 0.5) is 0 Å². The molecule has 0 fully saturated rings. The summed E-state index contributed by atoms with van der Waals surface area (Å²) in [7, 11) is 3.06. The van der Waals surface area contributed by atoms with Crippen molar-refractivity contribution in [1.29, 1.82) is 0 Å². The standard InChI is InChI=1S/C10H17N3O3/c1-4-11-5-6-16-10-12-8(14-2)7-9(13-10)15-3/h7,11H,4-6H2,1-3H3. The van der Waals surface area contributed by atoms with Crippen LogP contribution < -0.4 is 19.5 Å². The van der Waals surface area contributed by atoms with Gasteiger partial charge in [0.05, 0.1) is 20.3 Å². The van der Waals surface area contributed by atoms with Crippen molar-refractivity contribution in [1.82, 2.24) is 15.3 Å². The Balaban J connectivity index is 2.57. The Hall–Kier alpha value is -1.56. The topological polar surface area (TPSA) is 65.5 Å². The average molecular weight is 227 g/mol. The first-order valence-electron chi connectivity index (χ1n) is 5.10. The summed E-state index contributed by atoms with van der Waals surface area (Å²) < 4.78 is 15.3. The zero-order chi connectivity index (χ0) is 11.8. The number of ether oxygens (including phenoxy) is 3. The van der Waals surface area contributed by atoms with Gasteiger partial charge < -0.3 is 19.5 Å². The van der Waals surface area contributed by atoms with E-state index in [2.05, 4.69) is 15.3 Å². The van der Waals surface area contributed by atoms with E-state index in [1.807, 2.05) is 6.92 Å². The summed E-state index contributed by atoms with van der Waals surface area (Å²) in [4.78, 5) is 8.07. The molecule has 0 saturated carbocycles. The number of hydrogen-bond acceptors (Lipinski definition) is 6. The van der Waals surface area contributed by atoms with Crippen LogP contribution in [0.5, 0.6) is 17.8 Å². The summed E-state index contributed by atoms with van der Waals surface area (Å²) in [5, 5.41) is 3.13. The number of rotatable bonds is 7. The lowest BCUT2D eigenvalue weighted by Gasteiger charge is -2.07. The fraction of sp³-hybridized carbons (Fsp3) is 0.600. The molecular weight excluding hydrogens is 210 g/mol. The van der Waals surface area contributed by atoms with Crippen LogP contribution in [-0.4, -0.2) is 43.9 Å². The second kappa shape index (κ2) is 6.84. The van der Waals surface area contributed by atoms with E-state index in [0.29, 0.717) is 18.4 Å². The van der Waals surface area contributed by atoms with E-state index in [1.54, 1.807) is 6.07 Å². The van der Waals surface area contributed by atoms with Crippen molar-refractivity contribution < 1.29 is 14.2 Å². The molecule has 1 aromatic rings. The van der Waals surface area contributed by atoms with E-state index in [1.165, 1.54) is 14.2 Å². The molecule has 0 spiro atoms. The van der Waals surface area contributed by atoms with Crippen molar-refractivity contribution >= 4 is 0 Å². The third-order valence-corrected chi connectivity index (χ3v) is 1.84. The molecule has 1 rings (SSSR count). The summed E-state index contributed by atoms with van der Waals surface area (Å²) in [5.41, 5.74) is 0. The molecule has 90 valence electrons. The fourth-order valence-corrected chi connectivity index (χ4v) is 1.05. The minimum absolute atomic E-state index is 0.258. The maximum atomic E-state index is 5.35. The van der Waals surface area contributed by atoms with Crippen molar-refractivity contribution in [3.8, 4) is 17.8 Å². The second-order valence-corrected chi connectivity index (χ2v) is 2.94. The summed E-state index contributed by atoms with van der Waals surface area (Å²) in [6, 6.07) is 1.85. The number of nitrogens with zero attached hydrogens (tertiary/aromatic N) is 2. The van der Waals surface area contributed by atoms with Crippen molar-refractivity contribution in [3.05, 3.63) is 6.07 Å². The molecule has 0 radical (unpaired) electrons. The molecule has 0 amide bonds. The first-order chi connectivity index (χ1) is 7.80. The number of nitrogens with one attached hydrogen (secondary N) is 1. The second-order valence-electron chi connectivity index (χ2n) is 2.94. The van der Waals surface area contributed by atoms with Gasteiger partial charge in [0, 0.05) is 6.54 Å². The predicted molar refractivity (Wildman–Crippen MR) is 59.2 cm³/mol. The highest BCUT2D eigenvalue weighted by Gasteiger charge is 2.05. The highest BCUT2D eigenvalue weighted by molar-refractivity contribution is 5.22. The van der Waals surface area contributed by atoms with Crippen molar-refractivity contribution in [2.75, 3.05) is 33.9 Å². The molecular formula is C10H17N3O3. The zero-order valence-electron chi connectivity index (χ0n) is 9.82. The molecule has 1 heterocycles. The fourth-order valence-electron chi connectivity index (χ4n) is 1.05. The van der Waals surface area contributed by atoms with E-state index in [4.69, 9.17) is 14.2 Å². The van der Waals surface area contributed by atoms with Crippen molar-refractivity contribution in [2.24, 2.45) is 0 Å². The Bertz CT molecular complexity index is 298. The van der Waals surface area contributed by atoms with Gasteiger partial charge in [-0.05, 0) is 6.54 Å². The minimum Gasteiger partial charge on any atom is -0.481 e. The Morgan fingerprint density at radius 3 is 2.31 bits per heavy atom. The van der Waals surface area contributed by atoms with Gasteiger partial charge in [-0.3, -0.25) is 0 Å². The largest absolute Gasteiger partial charge is 0.481 e. The molecule has 16 heavy (non-hydrogen) atoms. The van der Waals surface area contributed by atoms with E-state index in [-0.39, 0.29) is 6.01 Å². The summed E-state index contributed by atoms with van der Waals surface area (Å²) in [6.07, 6.45) is 0. The molecule has 0 unspecified atom stereocenters. The van der Waals surface area contributed by atoms with Gasteiger partial charge in [0.25, 0.3) is 0 Å². The highest BCUT2D eigenvalue weighted by atomic mass is 16.5. The van der Waals surface area contributed by atoms with Gasteiger partial charge in [0.15, 0.2) is 0 Å². The quantitative estimate of drug-likeness (QED) is 0.683. The lowest BCUT2D eigenvalue weighted by Crippen LogP contribution is -2.20. The monoisotopic (exact) mass is 227 g/mol. The third kappa shape index (κ3) is 3.90. The summed E-state index contributed by atoms with van der Waals surface area (Å²) >= 11 is 0. The van der Waals surface area contributed by atoms with Gasteiger partial charge in [0.1, 0.15) is 6.61 Å². The van der Waals surface area contributed by atoms with E-state index < -0.39 is 0 Å². The molecule has 1 aromatic heterocycles. The lowest BCUT2D eigenvalue weighted by molar-refractivity contribution is 0.275. The molecule has 6 nitrogen and oxygen atoms in total. The molecule has 6 heteroatoms. The molecule has 0 aliphatic carbocycles. The molecule has 0 atom stereocenters. The number of likely N-dealkylation sites (N-methyl/N-ethyl adjacent to an activating group) is 1. The van der Waals surface area contributed by atoms with Gasteiger partial charge in [-0.1, -0.05) is 6.92 Å². The van der Waals surface area contributed by atoms with Crippen LogP contribution in [0.2, 0.25) is 0 Å². The average Bonchev–Trinajstić information content (AvgIpc) is 2.34. The Morgan fingerprint density at radius 1 is 1.19 bits per heavy atom. The van der Waals surface area contributed by atoms with Gasteiger partial charge >= 0.3 is 6.01 Å². The Morgan fingerprint density at radius 2 is 1.81 bits per heavy atom. The van der Waals surface area contributed by atoms with Crippen LogP contribution in [0, 0.1) is 0 Å². The normalized spacial score (nSPS) is 9.94. The van der Waals surface area contributed by atoms with E-state index in [9.17, 15) is 0 Å². The molecule has 0 aliphatic rings. The highest BCUT2D eigenvalue weighted by Crippen LogP contribution is 2.18. The summed E-state index contributed by atoms with van der Waals surface area (Å²) in [6.45, 7) is 4.19. The van der Waals surface area contributed by atoms with Crippen LogP contribution in [-0.2, 0) is 0 Å². The molecule has 0 aromatic carbocycles. The zero-order valence-corrected chi connectivity index (χ0v) is 9.82. The van der Waals surface area contributed by atoms with Gasteiger partial charge in [-0.15, -0.1) is 0 Å². The van der Waals surface area contributed by atoms with E-state index in [0.717, 1.165) is 13.1 Å². The maximum absolute atomic E-state index is 5.35. The van der Waals surface area contributed by atoms with Crippen molar-refractivity contribution in [3.63, 3.8) is 0 Å². The number of hydrogen-bond donors (Lipinski definition) is 1. The Kier molecular flexibility index (Phi) is 5.35. The van der Waals surface area contributed by atoms with Crippen LogP contribution in [0.15, 0.2) is 6.07 Å². The summed E-state index contributed by atoms with van der Waals surface area (Å²) in [5.74, 6) is 0.843. The molecule has 0 aliphatic heterocycles. The van der Waals surface area contributed by atoms with Crippen LogP contribution >= 0.6 is 0 Å². The minimum atomic E-state index is 0.258. The first-order valence-corrected chi connectivity index (χ1v) is 5.10. The van der Waals surface area contributed by atoms with Gasteiger partial charge in [-0.25, -0.2) is 0 Å². The predicted octanol–water partition coefficient (Wildman–Crippen LogP) is 0.482. The lowest BCUT2D eigenvalue weighted by atomic mass is 10.6. The van der Waals surface area contributed by atoms with Crippen LogP contribution in [0.25, 0.3) is 0 Å². The number of methoxy groups -OCH3 is 2. The smallest absolute Gasteiger partial charge is 0.323 e.